The first-order valence-corrected chi connectivity index (χ1v) is 8.11. The van der Waals surface area contributed by atoms with Crippen LogP contribution in [0.1, 0.15) is 16.7 Å². The molecule has 120 valence electrons. The first-order chi connectivity index (χ1) is 11.5. The summed E-state index contributed by atoms with van der Waals surface area (Å²) in [6.07, 6.45) is 0. The monoisotopic (exact) mass is 357 g/mol. The number of aromatic nitrogens is 1. The number of carbonyl (C=O) groups excluding carboxylic acids is 1. The molecule has 0 fully saturated rings. The number of halogens is 1. The molecule has 2 aromatic rings. The minimum absolute atomic E-state index is 0.0325. The SMILES string of the molecule is Cc1c(Cl)cccc1NC(=O)CSc1nc(N)c(C#N)cc1C#N. The van der Waals surface area contributed by atoms with E-state index in [9.17, 15) is 4.79 Å². The van der Waals surface area contributed by atoms with Crippen molar-refractivity contribution >= 4 is 40.8 Å². The summed E-state index contributed by atoms with van der Waals surface area (Å²) in [5, 5.41) is 21.7. The number of amides is 1. The smallest absolute Gasteiger partial charge is 0.234 e. The van der Waals surface area contributed by atoms with E-state index in [1.807, 2.05) is 19.1 Å². The Balaban J connectivity index is 2.10. The molecular weight excluding hydrogens is 346 g/mol. The Morgan fingerprint density at radius 3 is 2.75 bits per heavy atom. The van der Waals surface area contributed by atoms with Crippen molar-refractivity contribution in [2.45, 2.75) is 11.9 Å². The molecule has 24 heavy (non-hydrogen) atoms. The molecule has 0 atom stereocenters. The number of rotatable bonds is 4. The molecule has 0 aliphatic rings. The predicted octanol–water partition coefficient (Wildman–Crippen LogP) is 3.10. The molecule has 1 amide bonds. The van der Waals surface area contributed by atoms with Crippen LogP contribution in [-0.4, -0.2) is 16.6 Å². The number of pyridine rings is 1. The Bertz CT molecular complexity index is 885. The Morgan fingerprint density at radius 2 is 2.08 bits per heavy atom. The minimum Gasteiger partial charge on any atom is -0.383 e. The fraction of sp³-hybridized carbons (Fsp3) is 0.125. The molecule has 8 heteroatoms. The summed E-state index contributed by atoms with van der Waals surface area (Å²) in [5.41, 5.74) is 7.39. The number of hydrogen-bond acceptors (Lipinski definition) is 6. The standard InChI is InChI=1S/C16H12ClN5OS/c1-9-12(17)3-2-4-13(9)21-14(23)8-24-16-11(7-19)5-10(6-18)15(20)22-16/h2-5H,8H2,1H3,(H2,20,22)(H,21,23). The summed E-state index contributed by atoms with van der Waals surface area (Å²) in [6, 6.07) is 10.4. The highest BCUT2D eigenvalue weighted by Gasteiger charge is 2.13. The van der Waals surface area contributed by atoms with Crippen molar-refractivity contribution in [3.8, 4) is 12.1 Å². The molecule has 3 N–H and O–H groups in total. The van der Waals surface area contributed by atoms with Gasteiger partial charge in [0.1, 0.15) is 23.0 Å². The van der Waals surface area contributed by atoms with E-state index in [-0.39, 0.29) is 28.6 Å². The molecule has 6 nitrogen and oxygen atoms in total. The van der Waals surface area contributed by atoms with Gasteiger partial charge < -0.3 is 11.1 Å². The van der Waals surface area contributed by atoms with Crippen LogP contribution in [0.4, 0.5) is 11.5 Å². The maximum absolute atomic E-state index is 12.1. The molecular formula is C16H12ClN5OS. The predicted molar refractivity (Wildman–Crippen MR) is 93.6 cm³/mol. The maximum atomic E-state index is 12.1. The van der Waals surface area contributed by atoms with Gasteiger partial charge in [0.15, 0.2) is 0 Å². The van der Waals surface area contributed by atoms with Crippen molar-refractivity contribution in [1.29, 1.82) is 10.5 Å². The zero-order chi connectivity index (χ0) is 17.7. The third-order valence-electron chi connectivity index (χ3n) is 3.14. The number of nitrogen functional groups attached to an aromatic ring is 1. The fourth-order valence-electron chi connectivity index (χ4n) is 1.85. The van der Waals surface area contributed by atoms with Gasteiger partial charge in [-0.05, 0) is 30.7 Å². The normalized spacial score (nSPS) is 9.83. The van der Waals surface area contributed by atoms with Crippen molar-refractivity contribution in [2.75, 3.05) is 16.8 Å². The number of carbonyl (C=O) groups is 1. The van der Waals surface area contributed by atoms with Crippen LogP contribution in [0.3, 0.4) is 0 Å². The van der Waals surface area contributed by atoms with E-state index in [1.54, 1.807) is 18.2 Å². The Kier molecular flexibility index (Phi) is 5.64. The third-order valence-corrected chi connectivity index (χ3v) is 4.54. The van der Waals surface area contributed by atoms with E-state index >= 15 is 0 Å². The molecule has 0 aliphatic heterocycles. The molecule has 0 unspecified atom stereocenters. The van der Waals surface area contributed by atoms with Crippen LogP contribution >= 0.6 is 23.4 Å². The van der Waals surface area contributed by atoms with Gasteiger partial charge in [0.25, 0.3) is 0 Å². The van der Waals surface area contributed by atoms with Crippen LogP contribution in [0, 0.1) is 29.6 Å². The minimum atomic E-state index is -0.265. The van der Waals surface area contributed by atoms with Gasteiger partial charge in [0.2, 0.25) is 5.91 Å². The lowest BCUT2D eigenvalue weighted by Crippen LogP contribution is -2.15. The molecule has 1 heterocycles. The van der Waals surface area contributed by atoms with Gasteiger partial charge in [0, 0.05) is 10.7 Å². The number of nitrogens with zero attached hydrogens (tertiary/aromatic N) is 3. The van der Waals surface area contributed by atoms with Crippen LogP contribution in [0.5, 0.6) is 0 Å². The van der Waals surface area contributed by atoms with Crippen LogP contribution in [-0.2, 0) is 4.79 Å². The van der Waals surface area contributed by atoms with Crippen LogP contribution in [0.25, 0.3) is 0 Å². The van der Waals surface area contributed by atoms with E-state index in [0.717, 1.165) is 17.3 Å². The Labute approximate surface area is 148 Å². The lowest BCUT2D eigenvalue weighted by Gasteiger charge is -2.10. The number of hydrogen-bond donors (Lipinski definition) is 2. The number of benzene rings is 1. The van der Waals surface area contributed by atoms with Crippen LogP contribution < -0.4 is 11.1 Å². The highest BCUT2D eigenvalue weighted by Crippen LogP contribution is 2.25. The molecule has 1 aromatic carbocycles. The number of nitrogens with one attached hydrogen (secondary N) is 1. The zero-order valence-electron chi connectivity index (χ0n) is 12.6. The molecule has 0 spiro atoms. The van der Waals surface area contributed by atoms with E-state index in [0.29, 0.717) is 15.7 Å². The van der Waals surface area contributed by atoms with Crippen LogP contribution in [0.15, 0.2) is 29.3 Å². The Morgan fingerprint density at radius 1 is 1.38 bits per heavy atom. The van der Waals surface area contributed by atoms with Crippen molar-refractivity contribution in [3.05, 3.63) is 46.0 Å². The molecule has 1 aromatic heterocycles. The maximum Gasteiger partial charge on any atom is 0.234 e. The average Bonchev–Trinajstić information content (AvgIpc) is 2.57. The lowest BCUT2D eigenvalue weighted by atomic mass is 10.2. The van der Waals surface area contributed by atoms with Gasteiger partial charge in [0.05, 0.1) is 16.9 Å². The number of thioether (sulfide) groups is 1. The second-order valence-corrected chi connectivity index (χ2v) is 6.12. The van der Waals surface area contributed by atoms with E-state index < -0.39 is 0 Å². The second-order valence-electron chi connectivity index (χ2n) is 4.75. The summed E-state index contributed by atoms with van der Waals surface area (Å²) < 4.78 is 0. The Hall–Kier alpha value is -2.74. The summed E-state index contributed by atoms with van der Waals surface area (Å²) in [4.78, 5) is 16.1. The zero-order valence-corrected chi connectivity index (χ0v) is 14.2. The van der Waals surface area contributed by atoms with Crippen molar-refractivity contribution < 1.29 is 4.79 Å². The topological polar surface area (TPSA) is 116 Å². The number of anilines is 2. The highest BCUT2D eigenvalue weighted by molar-refractivity contribution is 8.00. The first kappa shape index (κ1) is 17.6. The lowest BCUT2D eigenvalue weighted by molar-refractivity contribution is -0.113. The molecule has 0 bridgehead atoms. The van der Waals surface area contributed by atoms with Gasteiger partial charge in [-0.25, -0.2) is 4.98 Å². The second kappa shape index (κ2) is 7.69. The highest BCUT2D eigenvalue weighted by atomic mass is 35.5. The van der Waals surface area contributed by atoms with Crippen molar-refractivity contribution in [2.24, 2.45) is 0 Å². The summed E-state index contributed by atoms with van der Waals surface area (Å²) in [5.74, 6) is -0.192. The third kappa shape index (κ3) is 3.96. The van der Waals surface area contributed by atoms with Gasteiger partial charge in [-0.2, -0.15) is 10.5 Å². The summed E-state index contributed by atoms with van der Waals surface area (Å²) in [6.45, 7) is 1.81. The van der Waals surface area contributed by atoms with Gasteiger partial charge in [-0.1, -0.05) is 29.4 Å². The quantitative estimate of drug-likeness (QED) is 0.812. The van der Waals surface area contributed by atoms with E-state index in [2.05, 4.69) is 10.3 Å². The van der Waals surface area contributed by atoms with Crippen molar-refractivity contribution in [3.63, 3.8) is 0 Å². The fourth-order valence-corrected chi connectivity index (χ4v) is 2.79. The number of nitriles is 2. The van der Waals surface area contributed by atoms with Gasteiger partial charge in [-0.3, -0.25) is 4.79 Å². The molecule has 0 radical (unpaired) electrons. The van der Waals surface area contributed by atoms with Gasteiger partial charge in [-0.15, -0.1) is 0 Å². The van der Waals surface area contributed by atoms with Crippen LogP contribution in [0.2, 0.25) is 5.02 Å². The molecule has 2 rings (SSSR count). The largest absolute Gasteiger partial charge is 0.383 e. The summed E-state index contributed by atoms with van der Waals surface area (Å²) >= 11 is 7.09. The van der Waals surface area contributed by atoms with Gasteiger partial charge >= 0.3 is 0 Å². The van der Waals surface area contributed by atoms with E-state index in [4.69, 9.17) is 27.9 Å². The average molecular weight is 358 g/mol. The first-order valence-electron chi connectivity index (χ1n) is 6.74. The molecule has 0 saturated carbocycles. The van der Waals surface area contributed by atoms with Crippen molar-refractivity contribution in [1.82, 2.24) is 4.98 Å². The summed E-state index contributed by atoms with van der Waals surface area (Å²) in [7, 11) is 0. The van der Waals surface area contributed by atoms with E-state index in [1.165, 1.54) is 6.07 Å². The number of nitrogens with two attached hydrogens (primary N) is 1. The molecule has 0 saturated heterocycles. The molecule has 0 aliphatic carbocycles.